The molecule has 1 amide bonds. The Morgan fingerprint density at radius 2 is 2.19 bits per heavy atom. The summed E-state index contributed by atoms with van der Waals surface area (Å²) in [7, 11) is 3.62. The van der Waals surface area contributed by atoms with E-state index >= 15 is 0 Å². The molecule has 2 atom stereocenters. The van der Waals surface area contributed by atoms with Crippen LogP contribution in [0.4, 0.5) is 0 Å². The Morgan fingerprint density at radius 3 is 2.69 bits per heavy atom. The van der Waals surface area contributed by atoms with Crippen LogP contribution in [-0.4, -0.2) is 55.5 Å². The van der Waals surface area contributed by atoms with E-state index in [-0.39, 0.29) is 5.91 Å². The number of nitrogens with two attached hydrogens (primary N) is 1. The highest BCUT2D eigenvalue weighted by molar-refractivity contribution is 5.75. The summed E-state index contributed by atoms with van der Waals surface area (Å²) < 4.78 is 0. The maximum absolute atomic E-state index is 11.4. The predicted octanol–water partition coefficient (Wildman–Crippen LogP) is 0.524. The summed E-state index contributed by atoms with van der Waals surface area (Å²) in [6, 6.07) is 0.628. The molecule has 0 aromatic carbocycles. The van der Waals surface area contributed by atoms with Gasteiger partial charge in [-0.05, 0) is 38.8 Å². The summed E-state index contributed by atoms with van der Waals surface area (Å²) in [5.41, 5.74) is 5.69. The Labute approximate surface area is 98.8 Å². The summed E-state index contributed by atoms with van der Waals surface area (Å²) in [6.45, 7) is 5.17. The molecule has 0 saturated carbocycles. The Balaban J connectivity index is 2.21. The number of hydrogen-bond donors (Lipinski definition) is 1. The van der Waals surface area contributed by atoms with E-state index in [0.29, 0.717) is 18.4 Å². The number of likely N-dealkylation sites (tertiary alicyclic amines) is 1. The van der Waals surface area contributed by atoms with Gasteiger partial charge in [-0.3, -0.25) is 4.79 Å². The van der Waals surface area contributed by atoms with Gasteiger partial charge in [0.15, 0.2) is 0 Å². The minimum atomic E-state index is 0.224. The highest BCUT2D eigenvalue weighted by Gasteiger charge is 2.27. The molecular formula is C12H25N3O. The molecule has 0 bridgehead atoms. The average molecular weight is 227 g/mol. The fraction of sp³-hybridized carbons (Fsp3) is 0.917. The zero-order chi connectivity index (χ0) is 12.1. The molecule has 2 N–H and O–H groups in total. The zero-order valence-corrected chi connectivity index (χ0v) is 10.8. The van der Waals surface area contributed by atoms with Gasteiger partial charge in [0.1, 0.15) is 0 Å². The van der Waals surface area contributed by atoms with Gasteiger partial charge in [0, 0.05) is 33.1 Å². The van der Waals surface area contributed by atoms with Crippen LogP contribution >= 0.6 is 0 Å². The van der Waals surface area contributed by atoms with Gasteiger partial charge in [-0.15, -0.1) is 0 Å². The summed E-state index contributed by atoms with van der Waals surface area (Å²) in [4.78, 5) is 15.5. The second kappa shape index (κ2) is 6.21. The van der Waals surface area contributed by atoms with Crippen LogP contribution in [0.1, 0.15) is 26.2 Å². The van der Waals surface area contributed by atoms with Crippen molar-refractivity contribution in [2.75, 3.05) is 33.7 Å². The van der Waals surface area contributed by atoms with E-state index in [4.69, 9.17) is 5.73 Å². The van der Waals surface area contributed by atoms with Gasteiger partial charge >= 0.3 is 0 Å². The number of nitrogens with zero attached hydrogens (tertiary/aromatic N) is 2. The molecule has 4 nitrogen and oxygen atoms in total. The second-order valence-corrected chi connectivity index (χ2v) is 5.07. The molecule has 94 valence electrons. The van der Waals surface area contributed by atoms with Gasteiger partial charge in [0.05, 0.1) is 0 Å². The van der Waals surface area contributed by atoms with Crippen LogP contribution in [0, 0.1) is 5.92 Å². The lowest BCUT2D eigenvalue weighted by atomic mass is 10.1. The van der Waals surface area contributed by atoms with E-state index in [1.54, 1.807) is 4.90 Å². The Morgan fingerprint density at radius 1 is 1.50 bits per heavy atom. The zero-order valence-electron chi connectivity index (χ0n) is 10.8. The van der Waals surface area contributed by atoms with E-state index in [0.717, 1.165) is 26.1 Å². The average Bonchev–Trinajstić information content (AvgIpc) is 2.59. The van der Waals surface area contributed by atoms with Crippen molar-refractivity contribution in [3.8, 4) is 0 Å². The third-order valence-electron chi connectivity index (χ3n) is 3.46. The van der Waals surface area contributed by atoms with Gasteiger partial charge < -0.3 is 15.5 Å². The first kappa shape index (κ1) is 13.5. The van der Waals surface area contributed by atoms with Crippen LogP contribution < -0.4 is 5.73 Å². The van der Waals surface area contributed by atoms with Gasteiger partial charge in [0.2, 0.25) is 5.91 Å². The molecule has 1 fully saturated rings. The first-order chi connectivity index (χ1) is 7.54. The Bertz CT molecular complexity index is 230. The molecule has 2 unspecified atom stereocenters. The molecule has 0 aromatic rings. The van der Waals surface area contributed by atoms with E-state index < -0.39 is 0 Å². The van der Waals surface area contributed by atoms with Crippen molar-refractivity contribution >= 4 is 5.91 Å². The maximum Gasteiger partial charge on any atom is 0.222 e. The van der Waals surface area contributed by atoms with Crippen LogP contribution in [-0.2, 0) is 4.79 Å². The second-order valence-electron chi connectivity index (χ2n) is 5.07. The monoisotopic (exact) mass is 227 g/mol. The minimum Gasteiger partial charge on any atom is -0.349 e. The molecule has 0 aromatic heterocycles. The molecule has 1 aliphatic rings. The fourth-order valence-electron chi connectivity index (χ4n) is 2.36. The molecule has 1 heterocycles. The quantitative estimate of drug-likeness (QED) is 0.745. The summed E-state index contributed by atoms with van der Waals surface area (Å²) in [5, 5.41) is 0. The highest BCUT2D eigenvalue weighted by atomic mass is 16.2. The number of rotatable bonds is 5. The number of amides is 1. The molecule has 0 radical (unpaired) electrons. The maximum atomic E-state index is 11.4. The number of hydrogen-bond acceptors (Lipinski definition) is 3. The van der Waals surface area contributed by atoms with Gasteiger partial charge in [-0.25, -0.2) is 0 Å². The van der Waals surface area contributed by atoms with Crippen molar-refractivity contribution in [3.05, 3.63) is 0 Å². The Kier molecular flexibility index (Phi) is 5.22. The first-order valence-electron chi connectivity index (χ1n) is 6.18. The van der Waals surface area contributed by atoms with Crippen molar-refractivity contribution in [2.24, 2.45) is 11.7 Å². The van der Waals surface area contributed by atoms with Crippen LogP contribution in [0.3, 0.4) is 0 Å². The first-order valence-corrected chi connectivity index (χ1v) is 6.18. The Hall–Kier alpha value is -0.610. The largest absolute Gasteiger partial charge is 0.349 e. The number of carbonyl (C=O) groups excluding carboxylic acids is 1. The molecule has 16 heavy (non-hydrogen) atoms. The van der Waals surface area contributed by atoms with Crippen LogP contribution in [0.25, 0.3) is 0 Å². The van der Waals surface area contributed by atoms with Crippen LogP contribution in [0.5, 0.6) is 0 Å². The SMILES string of the molecule is CC1CC(CN)CN1CCCC(=O)N(C)C. The lowest BCUT2D eigenvalue weighted by molar-refractivity contribution is -0.128. The van der Waals surface area contributed by atoms with Crippen LogP contribution in [0.2, 0.25) is 0 Å². The normalized spacial score (nSPS) is 26.0. The van der Waals surface area contributed by atoms with Crippen molar-refractivity contribution < 1.29 is 4.79 Å². The van der Waals surface area contributed by atoms with Crippen molar-refractivity contribution in [2.45, 2.75) is 32.2 Å². The van der Waals surface area contributed by atoms with E-state index in [9.17, 15) is 4.79 Å². The van der Waals surface area contributed by atoms with Gasteiger partial charge in [-0.1, -0.05) is 0 Å². The molecular weight excluding hydrogens is 202 g/mol. The summed E-state index contributed by atoms with van der Waals surface area (Å²) in [6.07, 6.45) is 2.82. The van der Waals surface area contributed by atoms with Crippen molar-refractivity contribution in [1.29, 1.82) is 0 Å². The molecule has 1 saturated heterocycles. The van der Waals surface area contributed by atoms with Gasteiger partial charge in [0.25, 0.3) is 0 Å². The molecule has 0 aliphatic carbocycles. The van der Waals surface area contributed by atoms with E-state index in [2.05, 4.69) is 11.8 Å². The summed E-state index contributed by atoms with van der Waals surface area (Å²) in [5.74, 6) is 0.877. The fourth-order valence-corrected chi connectivity index (χ4v) is 2.36. The molecule has 4 heteroatoms. The summed E-state index contributed by atoms with van der Waals surface area (Å²) >= 11 is 0. The van der Waals surface area contributed by atoms with Gasteiger partial charge in [-0.2, -0.15) is 0 Å². The molecule has 0 spiro atoms. The third kappa shape index (κ3) is 3.76. The van der Waals surface area contributed by atoms with Crippen molar-refractivity contribution in [3.63, 3.8) is 0 Å². The predicted molar refractivity (Wildman–Crippen MR) is 66.1 cm³/mol. The van der Waals surface area contributed by atoms with E-state index in [1.807, 2.05) is 14.1 Å². The third-order valence-corrected chi connectivity index (χ3v) is 3.46. The lowest BCUT2D eigenvalue weighted by Crippen LogP contribution is -2.30. The van der Waals surface area contributed by atoms with Crippen molar-refractivity contribution in [1.82, 2.24) is 9.80 Å². The molecule has 1 rings (SSSR count). The smallest absolute Gasteiger partial charge is 0.222 e. The minimum absolute atomic E-state index is 0.224. The lowest BCUT2D eigenvalue weighted by Gasteiger charge is -2.21. The number of carbonyl (C=O) groups is 1. The molecule has 1 aliphatic heterocycles. The van der Waals surface area contributed by atoms with Crippen LogP contribution in [0.15, 0.2) is 0 Å². The highest BCUT2D eigenvalue weighted by Crippen LogP contribution is 2.22. The standard InChI is InChI=1S/C12H25N3O/c1-10-7-11(8-13)9-15(10)6-4-5-12(16)14(2)3/h10-11H,4-9,13H2,1-3H3. The topological polar surface area (TPSA) is 49.6 Å². The van der Waals surface area contributed by atoms with E-state index in [1.165, 1.54) is 6.42 Å².